The Hall–Kier alpha value is -1.89. The van der Waals surface area contributed by atoms with Crippen LogP contribution in [0.15, 0.2) is 6.07 Å². The predicted octanol–water partition coefficient (Wildman–Crippen LogP) is 1.87. The van der Waals surface area contributed by atoms with Gasteiger partial charge < -0.3 is 14.7 Å². The molecule has 2 unspecified atom stereocenters. The van der Waals surface area contributed by atoms with Crippen LogP contribution >= 0.6 is 0 Å². The van der Waals surface area contributed by atoms with Crippen molar-refractivity contribution in [3.63, 3.8) is 0 Å². The van der Waals surface area contributed by atoms with Crippen LogP contribution in [0.5, 0.6) is 0 Å². The summed E-state index contributed by atoms with van der Waals surface area (Å²) in [5, 5.41) is 13.8. The lowest BCUT2D eigenvalue weighted by atomic mass is 10.2. The Balaban J connectivity index is 2.26. The highest BCUT2D eigenvalue weighted by atomic mass is 16.5. The van der Waals surface area contributed by atoms with Crippen molar-refractivity contribution in [1.82, 2.24) is 14.7 Å². The molecule has 1 fully saturated rings. The minimum atomic E-state index is -1.01. The molecule has 7 heteroatoms. The van der Waals surface area contributed by atoms with Gasteiger partial charge in [0.1, 0.15) is 6.04 Å². The summed E-state index contributed by atoms with van der Waals surface area (Å²) in [7, 11) is 1.53. The number of nitrogens with zero attached hydrogens (tertiary/aromatic N) is 3. The number of likely N-dealkylation sites (tertiary alicyclic amines) is 1. The third-order valence-electron chi connectivity index (χ3n) is 4.57. The fraction of sp³-hybridized carbons (Fsp3) is 0.688. The molecule has 1 aromatic rings. The van der Waals surface area contributed by atoms with Gasteiger partial charge in [-0.15, -0.1) is 0 Å². The van der Waals surface area contributed by atoms with E-state index in [0.717, 1.165) is 18.5 Å². The first kappa shape index (κ1) is 17.5. The van der Waals surface area contributed by atoms with Crippen molar-refractivity contribution in [2.24, 2.45) is 0 Å². The van der Waals surface area contributed by atoms with Crippen LogP contribution in [0.3, 0.4) is 0 Å². The Kier molecular flexibility index (Phi) is 5.41. The van der Waals surface area contributed by atoms with E-state index in [1.807, 2.05) is 11.6 Å². The number of carboxylic acids is 1. The first-order chi connectivity index (χ1) is 10.9. The second-order valence-corrected chi connectivity index (χ2v) is 5.99. The van der Waals surface area contributed by atoms with Crippen molar-refractivity contribution in [3.8, 4) is 0 Å². The number of aromatic nitrogens is 2. The van der Waals surface area contributed by atoms with Gasteiger partial charge in [0.15, 0.2) is 5.69 Å². The lowest BCUT2D eigenvalue weighted by molar-refractivity contribution is -0.141. The molecule has 0 saturated carbocycles. The molecule has 128 valence electrons. The van der Waals surface area contributed by atoms with Crippen molar-refractivity contribution in [3.05, 3.63) is 17.5 Å². The molecule has 1 N–H and O–H groups in total. The number of amides is 1. The van der Waals surface area contributed by atoms with E-state index in [2.05, 4.69) is 18.9 Å². The van der Waals surface area contributed by atoms with E-state index in [0.29, 0.717) is 12.1 Å². The van der Waals surface area contributed by atoms with Crippen LogP contribution in [0, 0.1) is 6.92 Å². The standard InChI is InChI=1S/C16H25N3O4/c1-5-11(6-2)19-10(3)7-13(17-19)15(20)18-9-12(23-4)8-14(18)16(21)22/h7,11-12,14H,5-6,8-9H2,1-4H3,(H,21,22). The SMILES string of the molecule is CCC(CC)n1nc(C(=O)N2CC(OC)CC2C(=O)O)cc1C. The fourth-order valence-electron chi connectivity index (χ4n) is 3.17. The topological polar surface area (TPSA) is 84.7 Å². The van der Waals surface area contributed by atoms with Crippen LogP contribution in [-0.2, 0) is 9.53 Å². The molecule has 0 aliphatic carbocycles. The van der Waals surface area contributed by atoms with E-state index in [1.54, 1.807) is 6.07 Å². The van der Waals surface area contributed by atoms with Crippen molar-refractivity contribution >= 4 is 11.9 Å². The van der Waals surface area contributed by atoms with Gasteiger partial charge in [-0.25, -0.2) is 4.79 Å². The third-order valence-corrected chi connectivity index (χ3v) is 4.57. The molecule has 2 heterocycles. The van der Waals surface area contributed by atoms with Gasteiger partial charge in [0.05, 0.1) is 12.1 Å². The molecule has 0 bridgehead atoms. The van der Waals surface area contributed by atoms with Gasteiger partial charge in [0.2, 0.25) is 0 Å². The van der Waals surface area contributed by atoms with Gasteiger partial charge in [-0.2, -0.15) is 5.10 Å². The molecule has 0 radical (unpaired) electrons. The van der Waals surface area contributed by atoms with E-state index in [9.17, 15) is 14.7 Å². The number of hydrogen-bond acceptors (Lipinski definition) is 4. The zero-order valence-corrected chi connectivity index (χ0v) is 14.2. The summed E-state index contributed by atoms with van der Waals surface area (Å²) < 4.78 is 7.09. The highest BCUT2D eigenvalue weighted by Gasteiger charge is 2.40. The van der Waals surface area contributed by atoms with Crippen molar-refractivity contribution < 1.29 is 19.4 Å². The quantitative estimate of drug-likeness (QED) is 0.864. The maximum Gasteiger partial charge on any atom is 0.326 e. The monoisotopic (exact) mass is 323 g/mol. The second kappa shape index (κ2) is 7.12. The Bertz CT molecular complexity index is 580. The minimum absolute atomic E-state index is 0.247. The molecule has 1 amide bonds. The maximum absolute atomic E-state index is 12.7. The zero-order chi connectivity index (χ0) is 17.1. The molecule has 0 aromatic carbocycles. The fourth-order valence-corrected chi connectivity index (χ4v) is 3.17. The van der Waals surface area contributed by atoms with Crippen LogP contribution in [0.2, 0.25) is 0 Å². The van der Waals surface area contributed by atoms with Gasteiger partial charge in [-0.3, -0.25) is 9.48 Å². The van der Waals surface area contributed by atoms with Gasteiger partial charge in [-0.1, -0.05) is 13.8 Å². The number of hydrogen-bond donors (Lipinski definition) is 1. The minimum Gasteiger partial charge on any atom is -0.480 e. The summed E-state index contributed by atoms with van der Waals surface area (Å²) in [4.78, 5) is 25.5. The number of aryl methyl sites for hydroxylation is 1. The summed E-state index contributed by atoms with van der Waals surface area (Å²) in [6, 6.07) is 1.13. The molecule has 2 rings (SSSR count). The number of aliphatic carboxylic acids is 1. The van der Waals surface area contributed by atoms with Crippen LogP contribution in [0.4, 0.5) is 0 Å². The van der Waals surface area contributed by atoms with Crippen LogP contribution < -0.4 is 0 Å². The zero-order valence-electron chi connectivity index (χ0n) is 14.2. The summed E-state index contributed by atoms with van der Waals surface area (Å²) in [6.07, 6.45) is 1.92. The molecule has 2 atom stereocenters. The normalized spacial score (nSPS) is 21.2. The highest BCUT2D eigenvalue weighted by molar-refractivity contribution is 5.95. The van der Waals surface area contributed by atoms with Gasteiger partial charge in [0.25, 0.3) is 5.91 Å². The van der Waals surface area contributed by atoms with Crippen LogP contribution in [-0.4, -0.2) is 57.5 Å². The molecule has 1 aliphatic rings. The lowest BCUT2D eigenvalue weighted by Gasteiger charge is -2.20. The van der Waals surface area contributed by atoms with Gasteiger partial charge >= 0.3 is 5.97 Å². The average Bonchev–Trinajstić information content (AvgIpc) is 3.12. The van der Waals surface area contributed by atoms with Crippen LogP contribution in [0.1, 0.15) is 55.3 Å². The number of carboxylic acid groups (broad SMARTS) is 1. The second-order valence-electron chi connectivity index (χ2n) is 5.99. The lowest BCUT2D eigenvalue weighted by Crippen LogP contribution is -2.40. The number of rotatable bonds is 6. The van der Waals surface area contributed by atoms with E-state index >= 15 is 0 Å². The molecule has 1 saturated heterocycles. The van der Waals surface area contributed by atoms with E-state index in [-0.39, 0.29) is 24.6 Å². The first-order valence-corrected chi connectivity index (χ1v) is 8.05. The average molecular weight is 323 g/mol. The molecule has 1 aromatic heterocycles. The highest BCUT2D eigenvalue weighted by Crippen LogP contribution is 2.24. The van der Waals surface area contributed by atoms with E-state index < -0.39 is 12.0 Å². The number of carbonyl (C=O) groups excluding carboxylic acids is 1. The third kappa shape index (κ3) is 3.39. The molecule has 23 heavy (non-hydrogen) atoms. The number of carbonyl (C=O) groups is 2. The van der Waals surface area contributed by atoms with Gasteiger partial charge in [0, 0.05) is 25.8 Å². The van der Waals surface area contributed by atoms with Crippen LogP contribution in [0.25, 0.3) is 0 Å². The molecular weight excluding hydrogens is 298 g/mol. The molecule has 1 aliphatic heterocycles. The largest absolute Gasteiger partial charge is 0.480 e. The van der Waals surface area contributed by atoms with Crippen molar-refractivity contribution in [2.45, 2.75) is 58.2 Å². The van der Waals surface area contributed by atoms with Crippen molar-refractivity contribution in [1.29, 1.82) is 0 Å². The summed E-state index contributed by atoms with van der Waals surface area (Å²) in [6.45, 7) is 6.36. The Morgan fingerprint density at radius 1 is 1.43 bits per heavy atom. The number of ether oxygens (including phenoxy) is 1. The summed E-state index contributed by atoms with van der Waals surface area (Å²) in [5.41, 5.74) is 1.22. The summed E-state index contributed by atoms with van der Waals surface area (Å²) in [5.74, 6) is -1.35. The van der Waals surface area contributed by atoms with Gasteiger partial charge in [-0.05, 0) is 25.8 Å². The molecule has 0 spiro atoms. The maximum atomic E-state index is 12.7. The van der Waals surface area contributed by atoms with E-state index in [1.165, 1.54) is 12.0 Å². The Morgan fingerprint density at radius 3 is 2.61 bits per heavy atom. The smallest absolute Gasteiger partial charge is 0.326 e. The Morgan fingerprint density at radius 2 is 2.09 bits per heavy atom. The van der Waals surface area contributed by atoms with E-state index in [4.69, 9.17) is 4.74 Å². The molecule has 7 nitrogen and oxygen atoms in total. The first-order valence-electron chi connectivity index (χ1n) is 8.05. The predicted molar refractivity (Wildman–Crippen MR) is 84.5 cm³/mol. The Labute approximate surface area is 136 Å². The van der Waals surface area contributed by atoms with Crippen molar-refractivity contribution in [2.75, 3.05) is 13.7 Å². The molecular formula is C16H25N3O4. The number of methoxy groups -OCH3 is 1. The summed E-state index contributed by atoms with van der Waals surface area (Å²) >= 11 is 0.